The fraction of sp³-hybridized carbons (Fsp3) is 0.333. The van der Waals surface area contributed by atoms with Crippen molar-refractivity contribution in [3.05, 3.63) is 41.3 Å². The summed E-state index contributed by atoms with van der Waals surface area (Å²) in [4.78, 5) is 4.69. The number of alkyl halides is 1. The Balaban J connectivity index is 2.40. The second-order valence-electron chi connectivity index (χ2n) is 5.14. The van der Waals surface area contributed by atoms with Gasteiger partial charge in [-0.1, -0.05) is 12.1 Å². The van der Waals surface area contributed by atoms with Crippen molar-refractivity contribution in [2.24, 2.45) is 7.05 Å². The molecule has 4 nitrogen and oxygen atoms in total. The van der Waals surface area contributed by atoms with Crippen LogP contribution in [0.1, 0.15) is 29.4 Å². The molecule has 0 N–H and O–H groups in total. The summed E-state index contributed by atoms with van der Waals surface area (Å²) in [6.07, 6.45) is 0. The Kier molecular flexibility index (Phi) is 3.05. The lowest BCUT2D eigenvalue weighted by molar-refractivity contribution is 0.748. The van der Waals surface area contributed by atoms with E-state index in [0.29, 0.717) is 0 Å². The predicted octanol–water partition coefficient (Wildman–Crippen LogP) is 3.68. The largest absolute Gasteiger partial charge is 0.280 e. The van der Waals surface area contributed by atoms with Crippen molar-refractivity contribution >= 4 is 22.8 Å². The van der Waals surface area contributed by atoms with Crippen LogP contribution in [0, 0.1) is 13.8 Å². The SMILES string of the molecule is Cc1cccc(-n2c(C(C)Cl)nc3c(C)nn(C)c32)c1. The Morgan fingerprint density at radius 1 is 1.25 bits per heavy atom. The molecule has 3 rings (SSSR count). The topological polar surface area (TPSA) is 35.6 Å². The van der Waals surface area contributed by atoms with E-state index in [1.54, 1.807) is 0 Å². The zero-order chi connectivity index (χ0) is 14.4. The number of hydrogen-bond donors (Lipinski definition) is 0. The fourth-order valence-corrected chi connectivity index (χ4v) is 2.72. The molecule has 5 heteroatoms. The Labute approximate surface area is 123 Å². The average molecular weight is 289 g/mol. The second-order valence-corrected chi connectivity index (χ2v) is 5.80. The summed E-state index contributed by atoms with van der Waals surface area (Å²) in [6.45, 7) is 5.99. The highest BCUT2D eigenvalue weighted by Gasteiger charge is 2.21. The van der Waals surface area contributed by atoms with E-state index in [1.165, 1.54) is 5.56 Å². The van der Waals surface area contributed by atoms with Crippen LogP contribution in [0.2, 0.25) is 0 Å². The van der Waals surface area contributed by atoms with Crippen molar-refractivity contribution in [2.45, 2.75) is 26.1 Å². The van der Waals surface area contributed by atoms with Gasteiger partial charge in [0.1, 0.15) is 11.3 Å². The third-order valence-corrected chi connectivity index (χ3v) is 3.64. The molecule has 1 aromatic carbocycles. The first kappa shape index (κ1) is 13.2. The fourth-order valence-electron chi connectivity index (χ4n) is 2.58. The van der Waals surface area contributed by atoms with Crippen LogP contribution in [0.15, 0.2) is 24.3 Å². The highest BCUT2D eigenvalue weighted by Crippen LogP contribution is 2.29. The maximum Gasteiger partial charge on any atom is 0.163 e. The maximum absolute atomic E-state index is 6.32. The molecule has 0 radical (unpaired) electrons. The van der Waals surface area contributed by atoms with Crippen molar-refractivity contribution in [1.82, 2.24) is 19.3 Å². The zero-order valence-corrected chi connectivity index (χ0v) is 12.8. The Hall–Kier alpha value is -1.81. The third-order valence-electron chi connectivity index (χ3n) is 3.44. The summed E-state index contributed by atoms with van der Waals surface area (Å²) < 4.78 is 3.96. The molecule has 2 heterocycles. The Morgan fingerprint density at radius 2 is 2.00 bits per heavy atom. The van der Waals surface area contributed by atoms with E-state index in [2.05, 4.69) is 39.8 Å². The van der Waals surface area contributed by atoms with E-state index in [9.17, 15) is 0 Å². The van der Waals surface area contributed by atoms with Gasteiger partial charge in [0, 0.05) is 12.7 Å². The van der Waals surface area contributed by atoms with E-state index in [0.717, 1.165) is 28.4 Å². The highest BCUT2D eigenvalue weighted by atomic mass is 35.5. The van der Waals surface area contributed by atoms with Crippen molar-refractivity contribution in [3.63, 3.8) is 0 Å². The molecule has 20 heavy (non-hydrogen) atoms. The number of hydrogen-bond acceptors (Lipinski definition) is 2. The normalized spacial score (nSPS) is 13.1. The van der Waals surface area contributed by atoms with Crippen LogP contribution in [-0.4, -0.2) is 19.3 Å². The molecular formula is C15H17ClN4. The van der Waals surface area contributed by atoms with Gasteiger partial charge in [0.2, 0.25) is 0 Å². The first-order valence-corrected chi connectivity index (χ1v) is 7.05. The average Bonchev–Trinajstić information content (AvgIpc) is 2.89. The first-order valence-electron chi connectivity index (χ1n) is 6.62. The minimum absolute atomic E-state index is 0.165. The molecule has 104 valence electrons. The predicted molar refractivity (Wildman–Crippen MR) is 81.6 cm³/mol. The molecule has 0 amide bonds. The Morgan fingerprint density at radius 3 is 2.65 bits per heavy atom. The number of aromatic nitrogens is 4. The van der Waals surface area contributed by atoms with Gasteiger partial charge in [-0.15, -0.1) is 11.6 Å². The highest BCUT2D eigenvalue weighted by molar-refractivity contribution is 6.20. The van der Waals surface area contributed by atoms with Gasteiger partial charge in [-0.2, -0.15) is 5.10 Å². The van der Waals surface area contributed by atoms with Gasteiger partial charge in [0.15, 0.2) is 5.65 Å². The van der Waals surface area contributed by atoms with Crippen LogP contribution < -0.4 is 0 Å². The van der Waals surface area contributed by atoms with Gasteiger partial charge in [0.25, 0.3) is 0 Å². The molecular weight excluding hydrogens is 272 g/mol. The molecule has 0 aliphatic carbocycles. The number of nitrogens with zero attached hydrogens (tertiary/aromatic N) is 4. The van der Waals surface area contributed by atoms with E-state index in [1.807, 2.05) is 31.6 Å². The van der Waals surface area contributed by atoms with Crippen LogP contribution in [-0.2, 0) is 7.05 Å². The molecule has 0 fully saturated rings. The van der Waals surface area contributed by atoms with E-state index >= 15 is 0 Å². The number of rotatable bonds is 2. The lowest BCUT2D eigenvalue weighted by Crippen LogP contribution is -2.06. The molecule has 0 aliphatic rings. The third kappa shape index (κ3) is 1.91. The van der Waals surface area contributed by atoms with Crippen LogP contribution >= 0.6 is 11.6 Å². The van der Waals surface area contributed by atoms with E-state index in [4.69, 9.17) is 11.6 Å². The minimum Gasteiger partial charge on any atom is -0.280 e. The molecule has 0 saturated heterocycles. The molecule has 0 aliphatic heterocycles. The van der Waals surface area contributed by atoms with Gasteiger partial charge in [-0.3, -0.25) is 4.57 Å². The summed E-state index contributed by atoms with van der Waals surface area (Å²) >= 11 is 6.32. The van der Waals surface area contributed by atoms with Gasteiger partial charge < -0.3 is 0 Å². The van der Waals surface area contributed by atoms with Crippen molar-refractivity contribution in [1.29, 1.82) is 0 Å². The van der Waals surface area contributed by atoms with Crippen molar-refractivity contribution < 1.29 is 0 Å². The number of halogens is 1. The van der Waals surface area contributed by atoms with Crippen LogP contribution in [0.3, 0.4) is 0 Å². The summed E-state index contributed by atoms with van der Waals surface area (Å²) in [7, 11) is 1.94. The number of fused-ring (bicyclic) bond motifs is 1. The van der Waals surface area contributed by atoms with Crippen molar-refractivity contribution in [3.8, 4) is 5.69 Å². The van der Waals surface area contributed by atoms with Gasteiger partial charge in [-0.05, 0) is 38.5 Å². The summed E-state index contributed by atoms with van der Waals surface area (Å²) in [5.41, 5.74) is 5.09. The monoisotopic (exact) mass is 288 g/mol. The molecule has 1 unspecified atom stereocenters. The van der Waals surface area contributed by atoms with Crippen molar-refractivity contribution in [2.75, 3.05) is 0 Å². The van der Waals surface area contributed by atoms with Crippen LogP contribution in [0.5, 0.6) is 0 Å². The van der Waals surface area contributed by atoms with Gasteiger partial charge in [-0.25, -0.2) is 9.67 Å². The smallest absolute Gasteiger partial charge is 0.163 e. The quantitative estimate of drug-likeness (QED) is 0.675. The summed E-state index contributed by atoms with van der Waals surface area (Å²) in [5, 5.41) is 4.28. The maximum atomic E-state index is 6.32. The summed E-state index contributed by atoms with van der Waals surface area (Å²) in [6, 6.07) is 8.32. The van der Waals surface area contributed by atoms with Crippen LogP contribution in [0.25, 0.3) is 16.9 Å². The van der Waals surface area contributed by atoms with Gasteiger partial charge >= 0.3 is 0 Å². The Bertz CT molecular complexity index is 783. The second kappa shape index (κ2) is 4.63. The standard InChI is InChI=1S/C15H17ClN4/c1-9-6-5-7-12(8-9)20-14(10(2)16)17-13-11(3)18-19(4)15(13)20/h5-8,10H,1-4H3. The minimum atomic E-state index is -0.165. The number of aryl methyl sites for hydroxylation is 3. The van der Waals surface area contributed by atoms with E-state index in [-0.39, 0.29) is 5.38 Å². The molecule has 0 saturated carbocycles. The lowest BCUT2D eigenvalue weighted by Gasteiger charge is -2.11. The number of benzene rings is 1. The molecule has 1 atom stereocenters. The number of imidazole rings is 1. The van der Waals surface area contributed by atoms with Crippen LogP contribution in [0.4, 0.5) is 0 Å². The molecule has 0 bridgehead atoms. The summed E-state index contributed by atoms with van der Waals surface area (Å²) in [5.74, 6) is 0.850. The molecule has 3 aromatic rings. The van der Waals surface area contributed by atoms with Gasteiger partial charge in [0.05, 0.1) is 11.1 Å². The zero-order valence-electron chi connectivity index (χ0n) is 12.1. The molecule has 0 spiro atoms. The molecule has 2 aromatic heterocycles. The lowest BCUT2D eigenvalue weighted by atomic mass is 10.2. The van der Waals surface area contributed by atoms with E-state index < -0.39 is 0 Å². The first-order chi connectivity index (χ1) is 9.49.